The molecule has 1 aromatic heterocycles. The predicted octanol–water partition coefficient (Wildman–Crippen LogP) is 2.55. The number of ether oxygens (including phenoxy) is 2. The number of aliphatic hydroxyl groups is 1. The molecular weight excluding hydrogens is 360 g/mol. The van der Waals surface area contributed by atoms with Gasteiger partial charge in [-0.2, -0.15) is 0 Å². The molecule has 0 bridgehead atoms. The Morgan fingerprint density at radius 1 is 1.11 bits per heavy atom. The van der Waals surface area contributed by atoms with E-state index in [0.717, 1.165) is 0 Å². The lowest BCUT2D eigenvalue weighted by Crippen LogP contribution is -2.31. The zero-order valence-corrected chi connectivity index (χ0v) is 15.8. The van der Waals surface area contributed by atoms with Gasteiger partial charge < -0.3 is 19.5 Å². The molecule has 0 saturated carbocycles. The molecule has 7 heteroatoms. The number of rotatable bonds is 7. The predicted molar refractivity (Wildman–Crippen MR) is 103 cm³/mol. The van der Waals surface area contributed by atoms with Crippen LogP contribution in [0, 0.1) is 0 Å². The van der Waals surface area contributed by atoms with Gasteiger partial charge in [0.05, 0.1) is 18.7 Å². The molecule has 0 aliphatic carbocycles. The lowest BCUT2D eigenvalue weighted by atomic mass is 9.95. The summed E-state index contributed by atoms with van der Waals surface area (Å²) in [6.07, 6.45) is 3.61. The zero-order chi connectivity index (χ0) is 20.1. The van der Waals surface area contributed by atoms with E-state index in [1.165, 1.54) is 17.3 Å². The van der Waals surface area contributed by atoms with E-state index in [4.69, 9.17) is 9.47 Å². The number of pyridine rings is 1. The topological polar surface area (TPSA) is 89.0 Å². The maximum atomic E-state index is 12.8. The Kier molecular flexibility index (Phi) is 6.06. The number of amides is 1. The molecule has 1 saturated heterocycles. The van der Waals surface area contributed by atoms with Gasteiger partial charge in [0.2, 0.25) is 0 Å². The van der Waals surface area contributed by atoms with Crippen molar-refractivity contribution >= 4 is 17.4 Å². The van der Waals surface area contributed by atoms with Crippen LogP contribution < -0.4 is 4.74 Å². The van der Waals surface area contributed by atoms with E-state index in [2.05, 4.69) is 4.98 Å². The Morgan fingerprint density at radius 2 is 1.79 bits per heavy atom. The van der Waals surface area contributed by atoms with Crippen LogP contribution in [0.5, 0.6) is 5.75 Å². The second-order valence-electron chi connectivity index (χ2n) is 6.35. The van der Waals surface area contributed by atoms with Crippen LogP contribution in [0.25, 0.3) is 5.76 Å². The molecule has 1 fully saturated rings. The van der Waals surface area contributed by atoms with Crippen molar-refractivity contribution in [2.75, 3.05) is 27.4 Å². The van der Waals surface area contributed by atoms with Crippen molar-refractivity contribution in [3.05, 3.63) is 65.5 Å². The number of aromatic nitrogens is 1. The summed E-state index contributed by atoms with van der Waals surface area (Å²) in [5, 5.41) is 10.8. The summed E-state index contributed by atoms with van der Waals surface area (Å²) in [4.78, 5) is 30.9. The minimum atomic E-state index is -0.701. The number of hydrogen-bond donors (Lipinski definition) is 1. The molecule has 7 nitrogen and oxygen atoms in total. The SMILES string of the molecule is COCCCN1C(=O)C(=O)/C(=C(/O)c2ccncc2)C1c1ccc(OC)cc1. The maximum absolute atomic E-state index is 12.8. The van der Waals surface area contributed by atoms with Gasteiger partial charge in [-0.25, -0.2) is 0 Å². The smallest absolute Gasteiger partial charge is 0.295 e. The van der Waals surface area contributed by atoms with E-state index in [0.29, 0.717) is 36.4 Å². The Morgan fingerprint density at radius 3 is 2.39 bits per heavy atom. The third-order valence-electron chi connectivity index (χ3n) is 4.67. The van der Waals surface area contributed by atoms with Crippen molar-refractivity contribution in [2.24, 2.45) is 0 Å². The van der Waals surface area contributed by atoms with Crippen molar-refractivity contribution in [1.29, 1.82) is 0 Å². The molecule has 2 heterocycles. The number of Topliss-reactive ketones (excluding diaryl/α,β-unsaturated/α-hetero) is 1. The van der Waals surface area contributed by atoms with Gasteiger partial charge in [-0.15, -0.1) is 0 Å². The van der Waals surface area contributed by atoms with E-state index < -0.39 is 17.7 Å². The first kappa shape index (κ1) is 19.6. The number of carbonyl (C=O) groups excluding carboxylic acids is 2. The minimum Gasteiger partial charge on any atom is -0.507 e. The number of likely N-dealkylation sites (tertiary alicyclic amines) is 1. The van der Waals surface area contributed by atoms with Crippen LogP contribution in [0.15, 0.2) is 54.4 Å². The van der Waals surface area contributed by atoms with Crippen molar-refractivity contribution in [1.82, 2.24) is 9.88 Å². The van der Waals surface area contributed by atoms with E-state index in [1.807, 2.05) is 0 Å². The Bertz CT molecular complexity index is 877. The molecule has 1 amide bonds. The Labute approximate surface area is 163 Å². The molecule has 146 valence electrons. The molecule has 0 radical (unpaired) electrons. The highest BCUT2D eigenvalue weighted by molar-refractivity contribution is 6.46. The standard InChI is InChI=1S/C21H22N2O5/c1-27-13-3-12-23-18(14-4-6-16(28-2)7-5-14)17(20(25)21(23)26)19(24)15-8-10-22-11-9-15/h4-11,18,24H,3,12-13H2,1-2H3/b19-17+. The first-order valence-corrected chi connectivity index (χ1v) is 8.90. The third kappa shape index (κ3) is 3.75. The lowest BCUT2D eigenvalue weighted by Gasteiger charge is -2.25. The molecule has 1 aliphatic heterocycles. The maximum Gasteiger partial charge on any atom is 0.295 e. The number of nitrogens with zero attached hydrogens (tertiary/aromatic N) is 2. The van der Waals surface area contributed by atoms with Gasteiger partial charge in [-0.3, -0.25) is 14.6 Å². The highest BCUT2D eigenvalue weighted by atomic mass is 16.5. The van der Waals surface area contributed by atoms with Gasteiger partial charge in [-0.1, -0.05) is 12.1 Å². The van der Waals surface area contributed by atoms with Crippen LogP contribution >= 0.6 is 0 Å². The summed E-state index contributed by atoms with van der Waals surface area (Å²) in [5.41, 5.74) is 1.22. The molecule has 1 unspecified atom stereocenters. The summed E-state index contributed by atoms with van der Waals surface area (Å²) in [5.74, 6) is -0.884. The number of ketones is 1. The molecule has 1 atom stereocenters. The quantitative estimate of drug-likeness (QED) is 0.343. The number of aliphatic hydroxyl groups excluding tert-OH is 1. The van der Waals surface area contributed by atoms with Crippen LogP contribution in [-0.2, 0) is 14.3 Å². The molecular formula is C21H22N2O5. The Hall–Kier alpha value is -3.19. The van der Waals surface area contributed by atoms with Gasteiger partial charge in [0, 0.05) is 38.2 Å². The molecule has 28 heavy (non-hydrogen) atoms. The van der Waals surface area contributed by atoms with Gasteiger partial charge in [-0.05, 0) is 36.2 Å². The fraction of sp³-hybridized carbons (Fsp3) is 0.286. The molecule has 1 N–H and O–H groups in total. The van der Waals surface area contributed by atoms with Crippen LogP contribution in [0.4, 0.5) is 0 Å². The van der Waals surface area contributed by atoms with Crippen molar-refractivity contribution < 1.29 is 24.2 Å². The van der Waals surface area contributed by atoms with Crippen LogP contribution in [-0.4, -0.2) is 54.1 Å². The summed E-state index contributed by atoms with van der Waals surface area (Å²) in [6.45, 7) is 0.797. The van der Waals surface area contributed by atoms with Crippen molar-refractivity contribution in [3.63, 3.8) is 0 Å². The number of carbonyl (C=O) groups is 2. The first-order chi connectivity index (χ1) is 13.6. The summed E-state index contributed by atoms with van der Waals surface area (Å²) in [6, 6.07) is 9.61. The first-order valence-electron chi connectivity index (χ1n) is 8.90. The van der Waals surface area contributed by atoms with E-state index in [1.54, 1.807) is 50.6 Å². The summed E-state index contributed by atoms with van der Waals surface area (Å²) < 4.78 is 10.3. The lowest BCUT2D eigenvalue weighted by molar-refractivity contribution is -0.140. The zero-order valence-electron chi connectivity index (χ0n) is 15.8. The van der Waals surface area contributed by atoms with E-state index in [9.17, 15) is 14.7 Å². The average Bonchev–Trinajstić information content (AvgIpc) is 2.99. The van der Waals surface area contributed by atoms with Gasteiger partial charge in [0.15, 0.2) is 0 Å². The second-order valence-corrected chi connectivity index (χ2v) is 6.35. The number of benzene rings is 1. The Balaban J connectivity index is 2.09. The number of hydrogen-bond acceptors (Lipinski definition) is 6. The molecule has 0 spiro atoms. The minimum absolute atomic E-state index is 0.0683. The van der Waals surface area contributed by atoms with E-state index >= 15 is 0 Å². The summed E-state index contributed by atoms with van der Waals surface area (Å²) >= 11 is 0. The molecule has 1 aromatic carbocycles. The second kappa shape index (κ2) is 8.67. The summed E-state index contributed by atoms with van der Waals surface area (Å²) in [7, 11) is 3.15. The number of methoxy groups -OCH3 is 2. The van der Waals surface area contributed by atoms with Gasteiger partial charge in [0.25, 0.3) is 11.7 Å². The fourth-order valence-electron chi connectivity index (χ4n) is 3.29. The van der Waals surface area contributed by atoms with Crippen molar-refractivity contribution in [2.45, 2.75) is 12.5 Å². The van der Waals surface area contributed by atoms with Crippen molar-refractivity contribution in [3.8, 4) is 5.75 Å². The fourth-order valence-corrected chi connectivity index (χ4v) is 3.29. The van der Waals surface area contributed by atoms with Gasteiger partial charge >= 0.3 is 0 Å². The van der Waals surface area contributed by atoms with E-state index in [-0.39, 0.29) is 11.3 Å². The molecule has 2 aromatic rings. The van der Waals surface area contributed by atoms with Crippen LogP contribution in [0.1, 0.15) is 23.6 Å². The van der Waals surface area contributed by atoms with Gasteiger partial charge in [0.1, 0.15) is 11.5 Å². The monoisotopic (exact) mass is 382 g/mol. The normalized spacial score (nSPS) is 18.5. The van der Waals surface area contributed by atoms with Crippen LogP contribution in [0.2, 0.25) is 0 Å². The molecule has 1 aliphatic rings. The largest absolute Gasteiger partial charge is 0.507 e. The average molecular weight is 382 g/mol. The third-order valence-corrected chi connectivity index (χ3v) is 4.67. The highest BCUT2D eigenvalue weighted by Gasteiger charge is 2.45. The van der Waals surface area contributed by atoms with Crippen LogP contribution in [0.3, 0.4) is 0 Å². The molecule has 3 rings (SSSR count). The highest BCUT2D eigenvalue weighted by Crippen LogP contribution is 2.39.